The molecule has 0 saturated carbocycles. The van der Waals surface area contributed by atoms with E-state index in [1.165, 1.54) is 6.08 Å². The van der Waals surface area contributed by atoms with E-state index in [1.807, 2.05) is 30.3 Å². The fraction of sp³-hybridized carbons (Fsp3) is 0.217. The Morgan fingerprint density at radius 1 is 1.00 bits per heavy atom. The van der Waals surface area contributed by atoms with E-state index in [-0.39, 0.29) is 5.91 Å². The fourth-order valence-electron chi connectivity index (χ4n) is 3.10. The smallest absolute Gasteiger partial charge is 0.244 e. The zero-order chi connectivity index (χ0) is 20.6. The second-order valence-electron chi connectivity index (χ2n) is 6.32. The first-order chi connectivity index (χ1) is 14.2. The number of amides is 1. The molecule has 1 heterocycles. The van der Waals surface area contributed by atoms with Gasteiger partial charge in [-0.15, -0.1) is 0 Å². The molecule has 0 bridgehead atoms. The van der Waals surface area contributed by atoms with Gasteiger partial charge in [-0.1, -0.05) is 24.3 Å². The molecular formula is C23H24N2O4. The number of para-hydroxylation sites is 1. The Bertz CT molecular complexity index is 1030. The van der Waals surface area contributed by atoms with Crippen molar-refractivity contribution in [1.82, 2.24) is 10.3 Å². The van der Waals surface area contributed by atoms with Crippen LogP contribution in [-0.2, 0) is 11.2 Å². The van der Waals surface area contributed by atoms with Crippen LogP contribution in [0.5, 0.6) is 17.2 Å². The Labute approximate surface area is 170 Å². The van der Waals surface area contributed by atoms with Crippen LogP contribution in [0, 0.1) is 0 Å². The number of hydrogen-bond acceptors (Lipinski definition) is 5. The van der Waals surface area contributed by atoms with Crippen molar-refractivity contribution in [3.05, 3.63) is 65.9 Å². The molecular weight excluding hydrogens is 368 g/mol. The number of aromatic nitrogens is 1. The van der Waals surface area contributed by atoms with Gasteiger partial charge in [-0.25, -0.2) is 0 Å². The molecule has 0 spiro atoms. The maximum absolute atomic E-state index is 12.2. The summed E-state index contributed by atoms with van der Waals surface area (Å²) in [7, 11) is 4.69. The number of carbonyl (C=O) groups is 1. The van der Waals surface area contributed by atoms with Crippen LogP contribution in [0.1, 0.15) is 11.1 Å². The largest absolute Gasteiger partial charge is 0.496 e. The van der Waals surface area contributed by atoms with E-state index in [2.05, 4.69) is 10.3 Å². The van der Waals surface area contributed by atoms with E-state index in [9.17, 15) is 4.79 Å². The first-order valence-electron chi connectivity index (χ1n) is 9.24. The zero-order valence-corrected chi connectivity index (χ0v) is 16.8. The van der Waals surface area contributed by atoms with E-state index in [1.54, 1.807) is 45.7 Å². The molecule has 0 fully saturated rings. The van der Waals surface area contributed by atoms with Gasteiger partial charge < -0.3 is 19.5 Å². The summed E-state index contributed by atoms with van der Waals surface area (Å²) in [5.41, 5.74) is 2.79. The molecule has 0 aliphatic heterocycles. The summed E-state index contributed by atoms with van der Waals surface area (Å²) in [5, 5.41) is 4.00. The molecule has 0 aliphatic rings. The van der Waals surface area contributed by atoms with Gasteiger partial charge in [0.15, 0.2) is 11.5 Å². The maximum Gasteiger partial charge on any atom is 0.244 e. The topological polar surface area (TPSA) is 69.7 Å². The lowest BCUT2D eigenvalue weighted by atomic mass is 10.1. The average molecular weight is 392 g/mol. The van der Waals surface area contributed by atoms with Crippen LogP contribution in [0.3, 0.4) is 0 Å². The minimum Gasteiger partial charge on any atom is -0.496 e. The van der Waals surface area contributed by atoms with Gasteiger partial charge in [0, 0.05) is 35.8 Å². The summed E-state index contributed by atoms with van der Waals surface area (Å²) in [4.78, 5) is 16.7. The molecule has 1 amide bonds. The zero-order valence-electron chi connectivity index (χ0n) is 16.8. The monoisotopic (exact) mass is 392 g/mol. The number of nitrogens with one attached hydrogen (secondary N) is 1. The lowest BCUT2D eigenvalue weighted by Crippen LogP contribution is -2.23. The van der Waals surface area contributed by atoms with E-state index in [0.717, 1.165) is 22.0 Å². The first-order valence-corrected chi connectivity index (χ1v) is 9.24. The second kappa shape index (κ2) is 9.59. The Balaban J connectivity index is 1.64. The highest BCUT2D eigenvalue weighted by Crippen LogP contribution is 2.35. The van der Waals surface area contributed by atoms with E-state index in [0.29, 0.717) is 30.2 Å². The number of fused-ring (bicyclic) bond motifs is 1. The number of carbonyl (C=O) groups excluding carboxylic acids is 1. The molecule has 3 rings (SSSR count). The Hall–Kier alpha value is -3.54. The van der Waals surface area contributed by atoms with Crippen LogP contribution < -0.4 is 19.5 Å². The van der Waals surface area contributed by atoms with Crippen molar-refractivity contribution in [2.45, 2.75) is 6.42 Å². The van der Waals surface area contributed by atoms with Crippen molar-refractivity contribution in [3.63, 3.8) is 0 Å². The predicted molar refractivity (Wildman–Crippen MR) is 114 cm³/mol. The van der Waals surface area contributed by atoms with Gasteiger partial charge in [0.05, 0.1) is 26.8 Å². The van der Waals surface area contributed by atoms with Crippen molar-refractivity contribution >= 4 is 22.9 Å². The summed E-state index contributed by atoms with van der Waals surface area (Å²) in [6.07, 6.45) is 5.65. The highest BCUT2D eigenvalue weighted by atomic mass is 16.5. The number of rotatable bonds is 8. The quantitative estimate of drug-likeness (QED) is 0.593. The third kappa shape index (κ3) is 4.85. The standard InChI is InChI=1S/C23H24N2O4/c1-27-19-15-21(29-3)20(28-2)14-18(19)9-10-22(26)24-13-11-17-7-4-6-16-8-5-12-25-23(16)17/h4-10,12,14-15H,11,13H2,1-3H3,(H,24,26)/b10-9+. The third-order valence-corrected chi connectivity index (χ3v) is 4.56. The lowest BCUT2D eigenvalue weighted by Gasteiger charge is -2.12. The average Bonchev–Trinajstić information content (AvgIpc) is 2.77. The highest BCUT2D eigenvalue weighted by molar-refractivity contribution is 5.92. The van der Waals surface area contributed by atoms with Gasteiger partial charge in [0.2, 0.25) is 5.91 Å². The molecule has 1 aromatic heterocycles. The summed E-state index contributed by atoms with van der Waals surface area (Å²) < 4.78 is 16.0. The van der Waals surface area contributed by atoms with Crippen LogP contribution in [0.2, 0.25) is 0 Å². The van der Waals surface area contributed by atoms with Gasteiger partial charge in [0.1, 0.15) is 5.75 Å². The van der Waals surface area contributed by atoms with E-state index in [4.69, 9.17) is 14.2 Å². The van der Waals surface area contributed by atoms with Gasteiger partial charge >= 0.3 is 0 Å². The minimum absolute atomic E-state index is 0.185. The Morgan fingerprint density at radius 2 is 1.72 bits per heavy atom. The van der Waals surface area contributed by atoms with Crippen molar-refractivity contribution < 1.29 is 19.0 Å². The maximum atomic E-state index is 12.2. The van der Waals surface area contributed by atoms with E-state index < -0.39 is 0 Å². The molecule has 6 heteroatoms. The third-order valence-electron chi connectivity index (χ3n) is 4.56. The lowest BCUT2D eigenvalue weighted by molar-refractivity contribution is -0.116. The van der Waals surface area contributed by atoms with Crippen LogP contribution in [0.25, 0.3) is 17.0 Å². The number of nitrogens with zero attached hydrogens (tertiary/aromatic N) is 1. The van der Waals surface area contributed by atoms with Crippen LogP contribution >= 0.6 is 0 Å². The summed E-state index contributed by atoms with van der Waals surface area (Å²) in [6, 6.07) is 13.5. The Kier molecular flexibility index (Phi) is 6.68. The first kappa shape index (κ1) is 20.2. The normalized spacial score (nSPS) is 10.9. The van der Waals surface area contributed by atoms with Crippen LogP contribution in [0.15, 0.2) is 54.7 Å². The number of methoxy groups -OCH3 is 3. The van der Waals surface area contributed by atoms with Crippen molar-refractivity contribution in [2.24, 2.45) is 0 Å². The summed E-state index contributed by atoms with van der Waals surface area (Å²) in [5.74, 6) is 1.54. The minimum atomic E-state index is -0.185. The molecule has 3 aromatic rings. The number of hydrogen-bond donors (Lipinski definition) is 1. The molecule has 150 valence electrons. The molecule has 6 nitrogen and oxygen atoms in total. The molecule has 2 aromatic carbocycles. The van der Waals surface area contributed by atoms with Gasteiger partial charge in [-0.05, 0) is 30.2 Å². The molecule has 0 aliphatic carbocycles. The molecule has 29 heavy (non-hydrogen) atoms. The number of pyridine rings is 1. The highest BCUT2D eigenvalue weighted by Gasteiger charge is 2.10. The summed E-state index contributed by atoms with van der Waals surface area (Å²) in [6.45, 7) is 0.516. The molecule has 0 atom stereocenters. The van der Waals surface area contributed by atoms with Crippen LogP contribution in [-0.4, -0.2) is 38.8 Å². The fourth-order valence-corrected chi connectivity index (χ4v) is 3.10. The van der Waals surface area contributed by atoms with E-state index >= 15 is 0 Å². The SMILES string of the molecule is COc1cc(OC)c(OC)cc1/C=C/C(=O)NCCc1cccc2cccnc12. The molecule has 0 saturated heterocycles. The predicted octanol–water partition coefficient (Wildman–Crippen LogP) is 3.63. The van der Waals surface area contributed by atoms with Gasteiger partial charge in [0.25, 0.3) is 0 Å². The van der Waals surface area contributed by atoms with Crippen molar-refractivity contribution in [3.8, 4) is 17.2 Å². The molecule has 0 radical (unpaired) electrons. The molecule has 0 unspecified atom stereocenters. The van der Waals surface area contributed by atoms with Crippen molar-refractivity contribution in [2.75, 3.05) is 27.9 Å². The Morgan fingerprint density at radius 3 is 2.48 bits per heavy atom. The number of ether oxygens (including phenoxy) is 3. The molecule has 1 N–H and O–H groups in total. The number of benzene rings is 2. The summed E-state index contributed by atoms with van der Waals surface area (Å²) >= 11 is 0. The van der Waals surface area contributed by atoms with Gasteiger partial charge in [-0.3, -0.25) is 9.78 Å². The van der Waals surface area contributed by atoms with Crippen molar-refractivity contribution in [1.29, 1.82) is 0 Å². The second-order valence-corrected chi connectivity index (χ2v) is 6.32. The van der Waals surface area contributed by atoms with Crippen LogP contribution in [0.4, 0.5) is 0 Å². The van der Waals surface area contributed by atoms with Gasteiger partial charge in [-0.2, -0.15) is 0 Å².